The van der Waals surface area contributed by atoms with Crippen LogP contribution in [0.15, 0.2) is 22.7 Å². The highest BCUT2D eigenvalue weighted by Crippen LogP contribution is 2.36. The largest absolute Gasteiger partial charge is 0.383 e. The second kappa shape index (κ2) is 11.4. The van der Waals surface area contributed by atoms with Gasteiger partial charge in [-0.05, 0) is 150 Å². The number of aromatic nitrogens is 4. The lowest BCUT2D eigenvalue weighted by atomic mass is 9.87. The Bertz CT molecular complexity index is 1690. The van der Waals surface area contributed by atoms with Crippen LogP contribution in [0.25, 0.3) is 33.6 Å². The number of nitrogens with zero attached hydrogens (tertiary/aromatic N) is 2. The molecule has 0 saturated carbocycles. The first-order valence-corrected chi connectivity index (χ1v) is 14.0. The molecule has 0 aliphatic rings. The van der Waals surface area contributed by atoms with Crippen molar-refractivity contribution < 1.29 is 0 Å². The number of rotatable bonds is 4. The van der Waals surface area contributed by atoms with Crippen molar-refractivity contribution in [1.82, 2.24) is 19.6 Å². The summed E-state index contributed by atoms with van der Waals surface area (Å²) in [4.78, 5) is 24.8. The highest BCUT2D eigenvalue weighted by Gasteiger charge is 2.23. The van der Waals surface area contributed by atoms with Crippen LogP contribution in [0.2, 0.25) is 0 Å². The van der Waals surface area contributed by atoms with Crippen LogP contribution in [0.3, 0.4) is 0 Å². The van der Waals surface area contributed by atoms with Crippen LogP contribution in [0.1, 0.15) is 69.5 Å². The van der Waals surface area contributed by atoms with Crippen molar-refractivity contribution in [1.29, 1.82) is 0 Å². The molecule has 8 heteroatoms. The molecule has 6 N–H and O–H groups in total. The van der Waals surface area contributed by atoms with Gasteiger partial charge in [-0.3, -0.25) is 19.8 Å². The van der Waals surface area contributed by atoms with E-state index in [4.69, 9.17) is 11.5 Å². The molecule has 0 spiro atoms. The summed E-state index contributed by atoms with van der Waals surface area (Å²) in [5.41, 5.74) is 28.1. The van der Waals surface area contributed by atoms with Gasteiger partial charge in [0.05, 0.1) is 11.1 Å². The summed E-state index contributed by atoms with van der Waals surface area (Å²) in [6.07, 6.45) is 0. The molecule has 42 heavy (non-hydrogen) atoms. The molecule has 0 fully saturated rings. The summed E-state index contributed by atoms with van der Waals surface area (Å²) in [6.45, 7) is 32.0. The molecule has 2 heterocycles. The number of aromatic amines is 2. The Morgan fingerprint density at radius 3 is 0.881 bits per heavy atom. The summed E-state index contributed by atoms with van der Waals surface area (Å²) < 4.78 is 3.09. The third-order valence-corrected chi connectivity index (χ3v) is 9.14. The zero-order valence-corrected chi connectivity index (χ0v) is 27.3. The van der Waals surface area contributed by atoms with E-state index in [2.05, 4.69) is 64.9 Å². The lowest BCUT2D eigenvalue weighted by Gasteiger charge is -2.18. The van der Waals surface area contributed by atoms with Gasteiger partial charge in [0.1, 0.15) is 11.6 Å². The molecule has 0 radical (unpaired) electrons. The Morgan fingerprint density at radius 2 is 0.690 bits per heavy atom. The van der Waals surface area contributed by atoms with Gasteiger partial charge in [0.2, 0.25) is 0 Å². The van der Waals surface area contributed by atoms with Crippen molar-refractivity contribution in [3.8, 4) is 22.3 Å². The Kier molecular flexibility index (Phi) is 8.73. The molecule has 224 valence electrons. The number of nitrogens with one attached hydrogen (secondary N) is 2. The molecule has 8 nitrogen and oxygen atoms in total. The van der Waals surface area contributed by atoms with Crippen molar-refractivity contribution in [2.45, 2.75) is 83.1 Å². The summed E-state index contributed by atoms with van der Waals surface area (Å²) in [7, 11) is 0. The van der Waals surface area contributed by atoms with Gasteiger partial charge in [0.15, 0.2) is 0 Å². The highest BCUT2D eigenvalue weighted by molar-refractivity contribution is 5.83. The van der Waals surface area contributed by atoms with E-state index in [0.29, 0.717) is 34.2 Å². The Hall–Kier alpha value is -4.46. The third kappa shape index (κ3) is 5.06. The average molecular weight is 571 g/mol. The first kappa shape index (κ1) is 32.1. The molecule has 0 atom stereocenters. The molecule has 0 bridgehead atoms. The van der Waals surface area contributed by atoms with Crippen molar-refractivity contribution in [3.05, 3.63) is 89.5 Å². The van der Waals surface area contributed by atoms with E-state index in [9.17, 15) is 9.59 Å². The molecule has 0 saturated heterocycles. The van der Waals surface area contributed by atoms with Crippen molar-refractivity contribution in [2.24, 2.45) is 0 Å². The van der Waals surface area contributed by atoms with Crippen LogP contribution in [-0.2, 0) is 0 Å². The van der Waals surface area contributed by atoms with Crippen molar-refractivity contribution in [3.63, 3.8) is 0 Å². The minimum atomic E-state index is -0.177. The van der Waals surface area contributed by atoms with Gasteiger partial charge < -0.3 is 11.5 Å². The van der Waals surface area contributed by atoms with Gasteiger partial charge in [-0.25, -0.2) is 9.36 Å². The molecule has 4 rings (SSSR count). The number of anilines is 2. The smallest absolute Gasteiger partial charge is 0.274 e. The maximum atomic E-state index is 12.4. The van der Waals surface area contributed by atoms with Gasteiger partial charge >= 0.3 is 0 Å². The van der Waals surface area contributed by atoms with E-state index in [-0.39, 0.29) is 11.1 Å². The lowest BCUT2D eigenvalue weighted by Crippen LogP contribution is -2.08. The van der Waals surface area contributed by atoms with Crippen LogP contribution in [0.4, 0.5) is 11.6 Å². The number of hydrogen-bond donors (Lipinski definition) is 4. The monoisotopic (exact) mass is 570 g/mol. The summed E-state index contributed by atoms with van der Waals surface area (Å²) in [5.74, 6) is 0.836. The van der Waals surface area contributed by atoms with Crippen LogP contribution < -0.4 is 22.6 Å². The summed E-state index contributed by atoms with van der Waals surface area (Å²) in [6, 6.07) is 0. The van der Waals surface area contributed by atoms with E-state index < -0.39 is 0 Å². The predicted octanol–water partition coefficient (Wildman–Crippen LogP) is 6.92. The number of nitrogens with two attached hydrogens (primary N) is 2. The van der Waals surface area contributed by atoms with Gasteiger partial charge in [0.25, 0.3) is 11.1 Å². The van der Waals surface area contributed by atoms with Gasteiger partial charge in [-0.2, -0.15) is 0 Å². The number of allylic oxidation sites excluding steroid dienone is 2. The molecule has 0 aliphatic carbocycles. The van der Waals surface area contributed by atoms with E-state index in [1.165, 1.54) is 33.4 Å². The normalized spacial score (nSPS) is 11.0. The topological polar surface area (TPSA) is 128 Å². The molecule has 0 aliphatic heterocycles. The summed E-state index contributed by atoms with van der Waals surface area (Å²) in [5, 5.41) is 5.51. The van der Waals surface area contributed by atoms with E-state index in [1.54, 1.807) is 23.2 Å². The molecule has 0 unspecified atom stereocenters. The zero-order chi connectivity index (χ0) is 32.1. The minimum absolute atomic E-state index is 0.177. The lowest BCUT2D eigenvalue weighted by molar-refractivity contribution is 0.890. The fourth-order valence-corrected chi connectivity index (χ4v) is 5.73. The second-order valence-corrected chi connectivity index (χ2v) is 11.5. The fraction of sp³-hybridized carbons (Fsp3) is 0.353. The maximum Gasteiger partial charge on any atom is 0.274 e. The van der Waals surface area contributed by atoms with Gasteiger partial charge in [-0.1, -0.05) is 13.2 Å². The standard InChI is InChI=1S/2C17H23N3O/c2*1-8(2)20-16(18)15(17(21)19-20)14-12(6)10(4)9(3)11(5)13(14)7/h2*1,18H2,2-7H3,(H,19,21). The van der Waals surface area contributed by atoms with E-state index in [0.717, 1.165) is 33.4 Å². The molecular formula is C34H46N6O2. The minimum Gasteiger partial charge on any atom is -0.383 e. The molecule has 4 aromatic rings. The Morgan fingerprint density at radius 1 is 0.476 bits per heavy atom. The van der Waals surface area contributed by atoms with Crippen LogP contribution >= 0.6 is 0 Å². The number of nitrogen functional groups attached to an aromatic ring is 2. The first-order chi connectivity index (χ1) is 19.4. The SMILES string of the molecule is C=C(C)n1[nH]c(=O)c(-c2c(C)c(C)c(C)c(C)c2C)c1N.C=C(C)n1[nH]c(=O)c(-c2c(C)c(C)c(C)c(C)c2C)c1N. The Balaban J connectivity index is 0.000000230. The van der Waals surface area contributed by atoms with Crippen molar-refractivity contribution in [2.75, 3.05) is 11.5 Å². The van der Waals surface area contributed by atoms with Gasteiger partial charge in [-0.15, -0.1) is 0 Å². The van der Waals surface area contributed by atoms with Crippen LogP contribution in [0.5, 0.6) is 0 Å². The first-order valence-electron chi connectivity index (χ1n) is 14.0. The third-order valence-electron chi connectivity index (χ3n) is 9.14. The number of H-pyrrole nitrogens is 2. The predicted molar refractivity (Wildman–Crippen MR) is 179 cm³/mol. The van der Waals surface area contributed by atoms with Gasteiger partial charge in [0, 0.05) is 11.4 Å². The van der Waals surface area contributed by atoms with E-state index >= 15 is 0 Å². The average Bonchev–Trinajstić information content (AvgIpc) is 3.39. The molecular weight excluding hydrogens is 524 g/mol. The van der Waals surface area contributed by atoms with Crippen LogP contribution in [0, 0.1) is 69.2 Å². The van der Waals surface area contributed by atoms with Crippen LogP contribution in [-0.4, -0.2) is 19.6 Å². The molecule has 0 amide bonds. The summed E-state index contributed by atoms with van der Waals surface area (Å²) >= 11 is 0. The quantitative estimate of drug-likeness (QED) is 0.212. The zero-order valence-electron chi connectivity index (χ0n) is 27.3. The number of benzene rings is 2. The molecule has 2 aromatic carbocycles. The maximum absolute atomic E-state index is 12.4. The highest BCUT2D eigenvalue weighted by atomic mass is 16.1. The molecule has 2 aromatic heterocycles. The number of hydrogen-bond acceptors (Lipinski definition) is 4. The van der Waals surface area contributed by atoms with Crippen molar-refractivity contribution >= 4 is 23.0 Å². The second-order valence-electron chi connectivity index (χ2n) is 11.5. The van der Waals surface area contributed by atoms with E-state index in [1.807, 2.05) is 27.7 Å². The Labute approximate surface area is 248 Å². The fourth-order valence-electron chi connectivity index (χ4n) is 5.73.